The fourth-order valence-electron chi connectivity index (χ4n) is 4.60. The van der Waals surface area contributed by atoms with Crippen LogP contribution >= 0.6 is 0 Å². The first-order chi connectivity index (χ1) is 21.1. The molecule has 0 bridgehead atoms. The highest BCUT2D eigenvalue weighted by Gasteiger charge is 2.37. The smallest absolute Gasteiger partial charge is 0.379 e. The molecule has 1 amide bonds. The van der Waals surface area contributed by atoms with Crippen LogP contribution in [0, 0.1) is 6.92 Å². The Labute approximate surface area is 251 Å². The molecule has 2 N–H and O–H groups in total. The summed E-state index contributed by atoms with van der Waals surface area (Å²) in [4.78, 5) is 38.8. The highest BCUT2D eigenvalue weighted by Crippen LogP contribution is 2.25. The van der Waals surface area contributed by atoms with Crippen molar-refractivity contribution in [2.24, 2.45) is 0 Å². The Morgan fingerprint density at radius 1 is 1.09 bits per heavy atom. The molecule has 4 aromatic heterocycles. The molecular weight excluding hydrogens is 577 g/mol. The van der Waals surface area contributed by atoms with E-state index in [1.807, 2.05) is 23.6 Å². The normalized spacial score (nSPS) is 13.9. The van der Waals surface area contributed by atoms with Gasteiger partial charge in [-0.3, -0.25) is 14.3 Å². The number of aromatic nitrogens is 6. The molecule has 5 aromatic rings. The third-order valence-corrected chi connectivity index (χ3v) is 6.76. The molecule has 44 heavy (non-hydrogen) atoms. The van der Waals surface area contributed by atoms with Gasteiger partial charge in [0.15, 0.2) is 0 Å². The van der Waals surface area contributed by atoms with E-state index in [1.165, 1.54) is 4.57 Å². The van der Waals surface area contributed by atoms with Gasteiger partial charge in [0, 0.05) is 37.2 Å². The van der Waals surface area contributed by atoms with E-state index in [0.29, 0.717) is 28.1 Å². The number of morpholine rings is 1. The van der Waals surface area contributed by atoms with E-state index in [1.54, 1.807) is 68.4 Å². The van der Waals surface area contributed by atoms with Crippen LogP contribution in [-0.4, -0.2) is 72.9 Å². The van der Waals surface area contributed by atoms with Crippen molar-refractivity contribution in [1.29, 1.82) is 0 Å². The van der Waals surface area contributed by atoms with Crippen LogP contribution in [0.1, 0.15) is 26.3 Å². The molecular formula is C30H35F3N8O3. The molecule has 0 saturated carbocycles. The van der Waals surface area contributed by atoms with Gasteiger partial charge in [0.1, 0.15) is 18.4 Å². The lowest BCUT2D eigenvalue weighted by Gasteiger charge is -2.17. The first-order valence-electron chi connectivity index (χ1n) is 14.2. The highest BCUT2D eigenvalue weighted by atomic mass is 19.4. The van der Waals surface area contributed by atoms with Gasteiger partial charge < -0.3 is 19.8 Å². The van der Waals surface area contributed by atoms with Gasteiger partial charge in [0.2, 0.25) is 5.91 Å². The lowest BCUT2D eigenvalue weighted by atomic mass is 10.2. The lowest BCUT2D eigenvalue weighted by molar-refractivity contribution is -0.158. The van der Waals surface area contributed by atoms with Crippen LogP contribution in [0.3, 0.4) is 0 Å². The van der Waals surface area contributed by atoms with Crippen LogP contribution in [0.2, 0.25) is 0 Å². The largest absolute Gasteiger partial charge is 0.408 e. The van der Waals surface area contributed by atoms with Crippen LogP contribution in [0.4, 0.5) is 13.2 Å². The zero-order chi connectivity index (χ0) is 31.9. The van der Waals surface area contributed by atoms with E-state index in [9.17, 15) is 22.8 Å². The second-order valence-electron chi connectivity index (χ2n) is 9.71. The molecule has 0 radical (unpaired) electrons. The number of imidazole rings is 2. The summed E-state index contributed by atoms with van der Waals surface area (Å²) < 4.78 is 48.0. The number of carbonyl (C=O) groups excluding carboxylic acids is 1. The molecule has 1 fully saturated rings. The van der Waals surface area contributed by atoms with Crippen molar-refractivity contribution in [3.63, 3.8) is 0 Å². The Hall–Kier alpha value is -4.56. The molecule has 14 heteroatoms. The number of hydrogen-bond donors (Lipinski definition) is 2. The van der Waals surface area contributed by atoms with Gasteiger partial charge in [0.25, 0.3) is 0 Å². The van der Waals surface area contributed by atoms with Gasteiger partial charge >= 0.3 is 11.9 Å². The minimum atomic E-state index is -4.59. The summed E-state index contributed by atoms with van der Waals surface area (Å²) in [6.07, 6.45) is 3.75. The quantitative estimate of drug-likeness (QED) is 0.309. The van der Waals surface area contributed by atoms with Crippen molar-refractivity contribution in [3.8, 4) is 17.1 Å². The number of ether oxygens (including phenoxy) is 1. The Morgan fingerprint density at radius 2 is 1.84 bits per heavy atom. The number of benzene rings is 1. The minimum absolute atomic E-state index is 0.298. The molecule has 6 rings (SSSR count). The molecule has 1 unspecified atom stereocenters. The standard InChI is InChI=1S/C24H20F3N7O2.C4H9NO.C2H6/c1-14-4-3-5-17-22(14)34(23(36)33(17)12-20(35)31-15(2)24(25,26)27)19-7-6-16(10-30-19)21-18-11-28-13-32(18)9-8-29-21;1-3-6-4-2-5-1;1-2/h3-11,13,15H,12H2,1-2H3,(H,31,35);5H,1-4H2;1-2H3. The maximum atomic E-state index is 13.4. The average Bonchev–Trinajstić information content (AvgIpc) is 3.62. The Kier molecular flexibility index (Phi) is 10.5. The highest BCUT2D eigenvalue weighted by molar-refractivity contribution is 5.84. The summed E-state index contributed by atoms with van der Waals surface area (Å²) in [5, 5.41) is 5.06. The van der Waals surface area contributed by atoms with E-state index in [-0.39, 0.29) is 0 Å². The molecule has 0 spiro atoms. The van der Waals surface area contributed by atoms with Gasteiger partial charge in [0.05, 0.1) is 48.0 Å². The van der Waals surface area contributed by atoms with E-state index in [2.05, 4.69) is 20.3 Å². The van der Waals surface area contributed by atoms with Crippen LogP contribution < -0.4 is 16.3 Å². The van der Waals surface area contributed by atoms with Crippen LogP contribution in [0.15, 0.2) is 66.2 Å². The minimum Gasteiger partial charge on any atom is -0.379 e. The summed E-state index contributed by atoms with van der Waals surface area (Å²) in [5.41, 5.74) is 3.22. The van der Waals surface area contributed by atoms with Gasteiger partial charge in [-0.05, 0) is 37.6 Å². The first kappa shape index (κ1) is 32.4. The number of pyridine rings is 1. The van der Waals surface area contributed by atoms with Crippen molar-refractivity contribution in [1.82, 2.24) is 39.1 Å². The monoisotopic (exact) mass is 612 g/mol. The van der Waals surface area contributed by atoms with Crippen molar-refractivity contribution in [2.75, 3.05) is 26.3 Å². The summed E-state index contributed by atoms with van der Waals surface area (Å²) in [6, 6.07) is 6.53. The number of nitrogens with zero attached hydrogens (tertiary/aromatic N) is 6. The van der Waals surface area contributed by atoms with Crippen LogP contribution in [0.25, 0.3) is 33.6 Å². The zero-order valence-corrected chi connectivity index (χ0v) is 24.9. The molecule has 11 nitrogen and oxygen atoms in total. The molecule has 5 heterocycles. The van der Waals surface area contributed by atoms with Crippen molar-refractivity contribution in [2.45, 2.75) is 46.5 Å². The fraction of sp³-hybridized carbons (Fsp3) is 0.367. The molecule has 1 aliphatic rings. The third kappa shape index (κ3) is 7.14. The van der Waals surface area contributed by atoms with E-state index in [0.717, 1.165) is 48.9 Å². The predicted octanol–water partition coefficient (Wildman–Crippen LogP) is 3.90. The van der Waals surface area contributed by atoms with E-state index in [4.69, 9.17) is 4.74 Å². The van der Waals surface area contributed by atoms with E-state index < -0.39 is 30.4 Å². The van der Waals surface area contributed by atoms with Crippen molar-refractivity contribution >= 4 is 22.5 Å². The fourth-order valence-corrected chi connectivity index (χ4v) is 4.60. The molecule has 1 aliphatic heterocycles. The van der Waals surface area contributed by atoms with Gasteiger partial charge in [-0.2, -0.15) is 13.2 Å². The first-order valence-corrected chi connectivity index (χ1v) is 14.2. The maximum absolute atomic E-state index is 13.4. The molecule has 234 valence electrons. The summed E-state index contributed by atoms with van der Waals surface area (Å²) >= 11 is 0. The Balaban J connectivity index is 0.000000487. The number of alkyl halides is 3. The number of hydrogen-bond acceptors (Lipinski definition) is 7. The average molecular weight is 613 g/mol. The van der Waals surface area contributed by atoms with Gasteiger partial charge in [-0.1, -0.05) is 26.0 Å². The zero-order valence-electron chi connectivity index (χ0n) is 24.9. The number of halogens is 3. The molecule has 1 atom stereocenters. The SMILES string of the molecule is C1COCCN1.CC.Cc1cccc2c1n(-c1ccc(-c3nccn4cncc34)cn1)c(=O)n2CC(=O)NC(C)C(F)(F)F. The molecule has 1 saturated heterocycles. The number of amides is 1. The predicted molar refractivity (Wildman–Crippen MR) is 161 cm³/mol. The molecule has 0 aliphatic carbocycles. The van der Waals surface area contributed by atoms with Gasteiger partial charge in [-0.25, -0.2) is 19.3 Å². The van der Waals surface area contributed by atoms with Crippen molar-refractivity contribution < 1.29 is 22.7 Å². The summed E-state index contributed by atoms with van der Waals surface area (Å²) in [5.74, 6) is -0.628. The van der Waals surface area contributed by atoms with E-state index >= 15 is 0 Å². The summed E-state index contributed by atoms with van der Waals surface area (Å²) in [7, 11) is 0. The number of fused-ring (bicyclic) bond motifs is 2. The second-order valence-corrected chi connectivity index (χ2v) is 9.71. The Bertz CT molecular complexity index is 1740. The number of para-hydroxylation sites is 1. The third-order valence-electron chi connectivity index (χ3n) is 6.76. The van der Waals surface area contributed by atoms with Crippen LogP contribution in [0.5, 0.6) is 0 Å². The summed E-state index contributed by atoms with van der Waals surface area (Å²) in [6.45, 7) is 9.91. The number of nitrogens with one attached hydrogen (secondary N) is 2. The Morgan fingerprint density at radius 3 is 2.45 bits per heavy atom. The number of rotatable bonds is 5. The number of aryl methyl sites for hydroxylation is 1. The van der Waals surface area contributed by atoms with Crippen LogP contribution in [-0.2, 0) is 16.1 Å². The second kappa shape index (κ2) is 14.3. The lowest BCUT2D eigenvalue weighted by Crippen LogP contribution is -2.45. The number of carbonyl (C=O) groups is 1. The maximum Gasteiger partial charge on any atom is 0.408 e. The topological polar surface area (TPSA) is 120 Å². The van der Waals surface area contributed by atoms with Gasteiger partial charge in [-0.15, -0.1) is 0 Å². The molecule has 1 aromatic carbocycles. The van der Waals surface area contributed by atoms with Crippen molar-refractivity contribution in [3.05, 3.63) is 77.5 Å².